The lowest BCUT2D eigenvalue weighted by Gasteiger charge is -2.00. The highest BCUT2D eigenvalue weighted by atomic mass is 32.2. The van der Waals surface area contributed by atoms with Gasteiger partial charge in [-0.1, -0.05) is 43.7 Å². The van der Waals surface area contributed by atoms with Crippen molar-refractivity contribution in [1.82, 2.24) is 0 Å². The van der Waals surface area contributed by atoms with E-state index in [1.165, 1.54) is 29.5 Å². The molecule has 0 atom stereocenters. The van der Waals surface area contributed by atoms with E-state index in [1.54, 1.807) is 11.8 Å². The van der Waals surface area contributed by atoms with Gasteiger partial charge in [0.2, 0.25) is 0 Å². The molecule has 0 nitrogen and oxygen atoms in total. The van der Waals surface area contributed by atoms with E-state index in [4.69, 9.17) is 0 Å². The van der Waals surface area contributed by atoms with Crippen LogP contribution in [0.4, 0.5) is 0 Å². The van der Waals surface area contributed by atoms with Crippen LogP contribution in [0.15, 0.2) is 29.2 Å². The monoisotopic (exact) mass is 191 g/mol. The largest absolute Gasteiger partial charge is 0.151 e. The molecule has 0 bridgehead atoms. The van der Waals surface area contributed by atoms with Crippen LogP contribution in [0.3, 0.4) is 0 Å². The summed E-state index contributed by atoms with van der Waals surface area (Å²) in [6, 6.07) is 8.76. The zero-order chi connectivity index (χ0) is 9.52. The Labute approximate surface area is 86.4 Å². The molecule has 0 aromatic heterocycles. The highest BCUT2D eigenvalue weighted by molar-refractivity contribution is 7.98. The average molecular weight is 191 g/mol. The molecule has 1 aromatic carbocycles. The van der Waals surface area contributed by atoms with Crippen molar-refractivity contribution in [3.63, 3.8) is 0 Å². The van der Waals surface area contributed by atoms with Gasteiger partial charge in [-0.15, -0.1) is 11.8 Å². The maximum atomic E-state index is 2.31. The van der Waals surface area contributed by atoms with Crippen LogP contribution in [0, 0.1) is 0 Å². The average Bonchev–Trinajstić information content (AvgIpc) is 2.19. The van der Waals surface area contributed by atoms with Gasteiger partial charge in [-0.3, -0.25) is 0 Å². The number of thioether (sulfide) groups is 1. The molecular formula is C11H16BS. The highest BCUT2D eigenvalue weighted by Gasteiger charge is 1.95. The minimum absolute atomic E-state index is 1.20. The van der Waals surface area contributed by atoms with Gasteiger partial charge in [0.15, 0.2) is 7.28 Å². The van der Waals surface area contributed by atoms with Gasteiger partial charge >= 0.3 is 0 Å². The van der Waals surface area contributed by atoms with Gasteiger partial charge < -0.3 is 0 Å². The molecule has 0 fully saturated rings. The zero-order valence-electron chi connectivity index (χ0n) is 8.42. The summed E-state index contributed by atoms with van der Waals surface area (Å²) >= 11 is 1.79. The molecule has 0 saturated heterocycles. The first-order valence-electron chi connectivity index (χ1n) is 4.84. The van der Waals surface area contributed by atoms with E-state index < -0.39 is 0 Å². The molecule has 69 valence electrons. The first-order valence-corrected chi connectivity index (χ1v) is 6.06. The third kappa shape index (κ3) is 3.90. The number of rotatable bonds is 5. The summed E-state index contributed by atoms with van der Waals surface area (Å²) in [7, 11) is 2.31. The molecule has 13 heavy (non-hydrogen) atoms. The minimum atomic E-state index is 1.20. The van der Waals surface area contributed by atoms with Crippen LogP contribution in [0.25, 0.3) is 0 Å². The van der Waals surface area contributed by atoms with Crippen molar-refractivity contribution in [2.24, 2.45) is 0 Å². The fourth-order valence-electron chi connectivity index (χ4n) is 1.21. The van der Waals surface area contributed by atoms with Crippen molar-refractivity contribution in [3.05, 3.63) is 24.3 Å². The van der Waals surface area contributed by atoms with Crippen molar-refractivity contribution in [2.75, 3.05) is 6.26 Å². The molecule has 0 amide bonds. The van der Waals surface area contributed by atoms with E-state index >= 15 is 0 Å². The molecule has 0 N–H and O–H groups in total. The van der Waals surface area contributed by atoms with Crippen molar-refractivity contribution in [2.45, 2.75) is 31.0 Å². The van der Waals surface area contributed by atoms with Gasteiger partial charge in [-0.05, 0) is 18.4 Å². The number of unbranched alkanes of at least 4 members (excludes halogenated alkanes) is 1. The van der Waals surface area contributed by atoms with Crippen molar-refractivity contribution >= 4 is 24.5 Å². The zero-order valence-corrected chi connectivity index (χ0v) is 9.23. The molecule has 2 heteroatoms. The number of benzene rings is 1. The summed E-state index contributed by atoms with van der Waals surface area (Å²) in [5.41, 5.74) is 1.35. The minimum Gasteiger partial charge on any atom is -0.130 e. The highest BCUT2D eigenvalue weighted by Crippen LogP contribution is 2.11. The summed E-state index contributed by atoms with van der Waals surface area (Å²) in [6.07, 6.45) is 5.88. The standard InChI is InChI=1S/C11H16BS/c1-3-4-9-12-10-5-7-11(13-2)8-6-10/h5-8H,3-4,9H2,1-2H3. The van der Waals surface area contributed by atoms with Crippen molar-refractivity contribution in [3.8, 4) is 0 Å². The van der Waals surface area contributed by atoms with Crippen LogP contribution in [-0.4, -0.2) is 13.5 Å². The van der Waals surface area contributed by atoms with E-state index in [0.29, 0.717) is 0 Å². The smallest absolute Gasteiger partial charge is 0.130 e. The Hall–Kier alpha value is -0.365. The molecule has 1 radical (unpaired) electrons. The Kier molecular flexibility index (Phi) is 5.06. The summed E-state index contributed by atoms with van der Waals surface area (Å²) in [5, 5.41) is 0. The Morgan fingerprint density at radius 3 is 2.46 bits per heavy atom. The second-order valence-corrected chi connectivity index (χ2v) is 4.00. The van der Waals surface area contributed by atoms with Crippen LogP contribution in [0.2, 0.25) is 6.32 Å². The normalized spacial score (nSPS) is 10.0. The maximum Gasteiger partial charge on any atom is 0.151 e. The van der Waals surface area contributed by atoms with E-state index in [0.717, 1.165) is 0 Å². The van der Waals surface area contributed by atoms with Gasteiger partial charge in [-0.2, -0.15) is 0 Å². The van der Waals surface area contributed by atoms with E-state index in [2.05, 4.69) is 44.7 Å². The predicted molar refractivity (Wildman–Crippen MR) is 63.3 cm³/mol. The lowest BCUT2D eigenvalue weighted by atomic mass is 9.66. The van der Waals surface area contributed by atoms with Crippen LogP contribution in [0.1, 0.15) is 19.8 Å². The molecule has 1 aromatic rings. The Balaban J connectivity index is 2.40. The van der Waals surface area contributed by atoms with Gasteiger partial charge in [-0.25, -0.2) is 0 Å². The van der Waals surface area contributed by atoms with Crippen molar-refractivity contribution in [1.29, 1.82) is 0 Å². The fraction of sp³-hybridized carbons (Fsp3) is 0.455. The SMILES string of the molecule is CCCC[B]c1ccc(SC)cc1. The van der Waals surface area contributed by atoms with Gasteiger partial charge in [0.25, 0.3) is 0 Å². The first-order chi connectivity index (χ1) is 6.36. The van der Waals surface area contributed by atoms with Crippen molar-refractivity contribution < 1.29 is 0 Å². The Morgan fingerprint density at radius 2 is 1.92 bits per heavy atom. The predicted octanol–water partition coefficient (Wildman–Crippen LogP) is 2.96. The van der Waals surface area contributed by atoms with Crippen LogP contribution in [-0.2, 0) is 0 Å². The van der Waals surface area contributed by atoms with E-state index in [1.807, 2.05) is 0 Å². The van der Waals surface area contributed by atoms with E-state index in [-0.39, 0.29) is 0 Å². The molecule has 0 aliphatic heterocycles. The van der Waals surface area contributed by atoms with Crippen LogP contribution < -0.4 is 5.46 Å². The molecule has 0 saturated carbocycles. The molecule has 0 aliphatic carbocycles. The van der Waals surface area contributed by atoms with Gasteiger partial charge in [0, 0.05) is 4.90 Å². The molecule has 0 heterocycles. The molecule has 0 unspecified atom stereocenters. The molecule has 0 spiro atoms. The summed E-state index contributed by atoms with van der Waals surface area (Å²) in [4.78, 5) is 1.34. The lowest BCUT2D eigenvalue weighted by molar-refractivity contribution is 0.881. The lowest BCUT2D eigenvalue weighted by Crippen LogP contribution is -2.12. The van der Waals surface area contributed by atoms with Crippen LogP contribution in [0.5, 0.6) is 0 Å². The molecule has 1 rings (SSSR count). The fourth-order valence-corrected chi connectivity index (χ4v) is 1.62. The molecule has 0 aliphatic rings. The Bertz CT molecular complexity index is 230. The summed E-state index contributed by atoms with van der Waals surface area (Å²) in [6.45, 7) is 2.23. The van der Waals surface area contributed by atoms with E-state index in [9.17, 15) is 0 Å². The Morgan fingerprint density at radius 1 is 1.23 bits per heavy atom. The second-order valence-electron chi connectivity index (χ2n) is 3.12. The molecular weight excluding hydrogens is 175 g/mol. The number of hydrogen-bond donors (Lipinski definition) is 0. The van der Waals surface area contributed by atoms with Gasteiger partial charge in [0.05, 0.1) is 0 Å². The third-order valence-electron chi connectivity index (χ3n) is 2.05. The topological polar surface area (TPSA) is 0 Å². The summed E-state index contributed by atoms with van der Waals surface area (Å²) < 4.78 is 0. The van der Waals surface area contributed by atoms with Crippen LogP contribution >= 0.6 is 11.8 Å². The second kappa shape index (κ2) is 6.14. The van der Waals surface area contributed by atoms with Gasteiger partial charge in [0.1, 0.15) is 0 Å². The number of hydrogen-bond acceptors (Lipinski definition) is 1. The quantitative estimate of drug-likeness (QED) is 0.391. The maximum absolute atomic E-state index is 2.31. The summed E-state index contributed by atoms with van der Waals surface area (Å²) in [5.74, 6) is 0. The first kappa shape index (κ1) is 10.7. The third-order valence-corrected chi connectivity index (χ3v) is 2.80.